The van der Waals surface area contributed by atoms with Gasteiger partial charge in [0.2, 0.25) is 0 Å². The first-order chi connectivity index (χ1) is 12.1. The Morgan fingerprint density at radius 2 is 2.12 bits per heavy atom. The summed E-state index contributed by atoms with van der Waals surface area (Å²) in [5, 5.41) is 7.37. The second kappa shape index (κ2) is 7.35. The van der Waals surface area contributed by atoms with Crippen LogP contribution in [0.15, 0.2) is 36.9 Å². The Bertz CT molecular complexity index is 710. The molecular formula is C19H26N4O2. The van der Waals surface area contributed by atoms with Crippen molar-refractivity contribution in [3.8, 4) is 0 Å². The molecule has 1 aromatic heterocycles. The highest BCUT2D eigenvalue weighted by molar-refractivity contribution is 5.96. The van der Waals surface area contributed by atoms with Crippen LogP contribution in [0.1, 0.15) is 49.0 Å². The number of methoxy groups -OCH3 is 1. The van der Waals surface area contributed by atoms with E-state index < -0.39 is 0 Å². The highest BCUT2D eigenvalue weighted by Crippen LogP contribution is 2.48. The standard InChI is InChI=1S/C19H26N4O2/c1-4-19(5-2)16(10-17(19)25-3)22-18(24)15-9-7-6-8-14(15)11-23-13-20-12-21-23/h6-9,12-13,16-17H,4-5,10-11H2,1-3H3,(H,22,24). The van der Waals surface area contributed by atoms with Crippen molar-refractivity contribution in [2.24, 2.45) is 5.41 Å². The number of nitrogens with one attached hydrogen (secondary N) is 1. The summed E-state index contributed by atoms with van der Waals surface area (Å²) in [7, 11) is 1.76. The van der Waals surface area contributed by atoms with E-state index in [0.717, 1.165) is 24.8 Å². The van der Waals surface area contributed by atoms with Gasteiger partial charge in [-0.05, 0) is 30.9 Å². The molecule has 2 atom stereocenters. The van der Waals surface area contributed by atoms with Gasteiger partial charge in [0.25, 0.3) is 5.91 Å². The molecular weight excluding hydrogens is 316 g/mol. The summed E-state index contributed by atoms with van der Waals surface area (Å²) in [4.78, 5) is 16.9. The highest BCUT2D eigenvalue weighted by atomic mass is 16.5. The van der Waals surface area contributed by atoms with Crippen LogP contribution in [0.25, 0.3) is 0 Å². The third kappa shape index (κ3) is 3.18. The van der Waals surface area contributed by atoms with Gasteiger partial charge >= 0.3 is 0 Å². The lowest BCUT2D eigenvalue weighted by molar-refractivity contribution is -0.120. The van der Waals surface area contributed by atoms with Crippen molar-refractivity contribution in [2.45, 2.75) is 51.8 Å². The molecule has 2 aromatic rings. The van der Waals surface area contributed by atoms with Crippen LogP contribution in [0, 0.1) is 5.41 Å². The summed E-state index contributed by atoms with van der Waals surface area (Å²) in [6.45, 7) is 4.88. The maximum atomic E-state index is 12.9. The quantitative estimate of drug-likeness (QED) is 0.840. The van der Waals surface area contributed by atoms with Crippen molar-refractivity contribution < 1.29 is 9.53 Å². The Hall–Kier alpha value is -2.21. The SMILES string of the molecule is CCC1(CC)C(NC(=O)c2ccccc2Cn2cncn2)CC1OC. The van der Waals surface area contributed by atoms with E-state index in [-0.39, 0.29) is 23.5 Å². The summed E-state index contributed by atoms with van der Waals surface area (Å²) >= 11 is 0. The lowest BCUT2D eigenvalue weighted by atomic mass is 9.58. The summed E-state index contributed by atoms with van der Waals surface area (Å²) in [6.07, 6.45) is 6.23. The molecule has 6 nitrogen and oxygen atoms in total. The van der Waals surface area contributed by atoms with Gasteiger partial charge in [-0.2, -0.15) is 5.10 Å². The van der Waals surface area contributed by atoms with Crippen LogP contribution in [0.5, 0.6) is 0 Å². The molecule has 1 N–H and O–H groups in total. The molecule has 1 heterocycles. The fraction of sp³-hybridized carbons (Fsp3) is 0.526. The van der Waals surface area contributed by atoms with E-state index in [1.807, 2.05) is 24.3 Å². The van der Waals surface area contributed by atoms with Crippen LogP contribution >= 0.6 is 0 Å². The number of rotatable bonds is 7. The van der Waals surface area contributed by atoms with Crippen LogP contribution in [-0.2, 0) is 11.3 Å². The average molecular weight is 342 g/mol. The van der Waals surface area contributed by atoms with Gasteiger partial charge in [0.05, 0.1) is 12.6 Å². The van der Waals surface area contributed by atoms with E-state index in [1.165, 1.54) is 6.33 Å². The highest BCUT2D eigenvalue weighted by Gasteiger charge is 2.53. The van der Waals surface area contributed by atoms with Crippen molar-refractivity contribution in [1.29, 1.82) is 0 Å². The Balaban J connectivity index is 1.76. The molecule has 0 radical (unpaired) electrons. The van der Waals surface area contributed by atoms with Gasteiger partial charge < -0.3 is 10.1 Å². The maximum Gasteiger partial charge on any atom is 0.251 e. The molecule has 1 saturated carbocycles. The monoisotopic (exact) mass is 342 g/mol. The second-order valence-electron chi connectivity index (χ2n) is 6.68. The van der Waals surface area contributed by atoms with Crippen molar-refractivity contribution in [3.63, 3.8) is 0 Å². The third-order valence-corrected chi connectivity index (χ3v) is 5.75. The van der Waals surface area contributed by atoms with Crippen LogP contribution in [0.4, 0.5) is 0 Å². The lowest BCUT2D eigenvalue weighted by Gasteiger charge is -2.55. The summed E-state index contributed by atoms with van der Waals surface area (Å²) in [5.74, 6) is -0.0263. The summed E-state index contributed by atoms with van der Waals surface area (Å²) in [6, 6.07) is 7.82. The molecule has 0 bridgehead atoms. The second-order valence-corrected chi connectivity index (χ2v) is 6.68. The molecule has 1 aromatic carbocycles. The number of hydrogen-bond donors (Lipinski definition) is 1. The molecule has 1 fully saturated rings. The molecule has 1 aliphatic rings. The Morgan fingerprint density at radius 1 is 1.36 bits per heavy atom. The molecule has 2 unspecified atom stereocenters. The minimum absolute atomic E-state index is 0.0263. The largest absolute Gasteiger partial charge is 0.381 e. The fourth-order valence-corrected chi connectivity index (χ4v) is 4.08. The van der Waals surface area contributed by atoms with E-state index in [0.29, 0.717) is 12.1 Å². The van der Waals surface area contributed by atoms with E-state index in [1.54, 1.807) is 18.1 Å². The number of carbonyl (C=O) groups excluding carboxylic acids is 1. The Kier molecular flexibility index (Phi) is 5.18. The topological polar surface area (TPSA) is 69.0 Å². The molecule has 25 heavy (non-hydrogen) atoms. The number of aromatic nitrogens is 3. The van der Waals surface area contributed by atoms with Gasteiger partial charge in [-0.25, -0.2) is 9.67 Å². The van der Waals surface area contributed by atoms with Gasteiger partial charge in [0, 0.05) is 24.1 Å². The maximum absolute atomic E-state index is 12.9. The number of nitrogens with zero attached hydrogens (tertiary/aromatic N) is 3. The third-order valence-electron chi connectivity index (χ3n) is 5.75. The molecule has 6 heteroatoms. The van der Waals surface area contributed by atoms with Crippen molar-refractivity contribution in [1.82, 2.24) is 20.1 Å². The van der Waals surface area contributed by atoms with Crippen molar-refractivity contribution >= 4 is 5.91 Å². The fourth-order valence-electron chi connectivity index (χ4n) is 4.08. The molecule has 0 spiro atoms. The van der Waals surface area contributed by atoms with Crippen molar-refractivity contribution in [2.75, 3.05) is 7.11 Å². The molecule has 1 amide bonds. The van der Waals surface area contributed by atoms with Gasteiger partial charge in [-0.3, -0.25) is 4.79 Å². The van der Waals surface area contributed by atoms with E-state index in [9.17, 15) is 4.79 Å². The number of amides is 1. The van der Waals surface area contributed by atoms with Gasteiger partial charge in [-0.1, -0.05) is 32.0 Å². The first-order valence-electron chi connectivity index (χ1n) is 8.88. The minimum Gasteiger partial charge on any atom is -0.381 e. The van der Waals surface area contributed by atoms with Crippen LogP contribution in [0.3, 0.4) is 0 Å². The normalized spacial score (nSPS) is 21.6. The number of benzene rings is 1. The molecule has 0 aliphatic heterocycles. The van der Waals surface area contributed by atoms with Crippen LogP contribution < -0.4 is 5.32 Å². The first kappa shape index (κ1) is 17.6. The molecule has 134 valence electrons. The smallest absolute Gasteiger partial charge is 0.251 e. The van der Waals surface area contributed by atoms with Crippen molar-refractivity contribution in [3.05, 3.63) is 48.0 Å². The zero-order valence-corrected chi connectivity index (χ0v) is 15.1. The number of carbonyl (C=O) groups is 1. The number of ether oxygens (including phenoxy) is 1. The zero-order chi connectivity index (χ0) is 17.9. The molecule has 1 aliphatic carbocycles. The first-order valence-corrected chi connectivity index (χ1v) is 8.88. The van der Waals surface area contributed by atoms with Crippen LogP contribution in [-0.4, -0.2) is 39.9 Å². The Labute approximate surface area is 148 Å². The van der Waals surface area contributed by atoms with Gasteiger partial charge in [0.1, 0.15) is 12.7 Å². The lowest BCUT2D eigenvalue weighted by Crippen LogP contribution is -2.64. The molecule has 0 saturated heterocycles. The molecule has 3 rings (SSSR count). The Morgan fingerprint density at radius 3 is 2.76 bits per heavy atom. The van der Waals surface area contributed by atoms with E-state index in [4.69, 9.17) is 4.74 Å². The minimum atomic E-state index is -0.0263. The summed E-state index contributed by atoms with van der Waals surface area (Å²) in [5.41, 5.74) is 1.66. The van der Waals surface area contributed by atoms with E-state index >= 15 is 0 Å². The predicted molar refractivity (Wildman–Crippen MR) is 95.2 cm³/mol. The van der Waals surface area contributed by atoms with E-state index in [2.05, 4.69) is 29.2 Å². The zero-order valence-electron chi connectivity index (χ0n) is 15.1. The van der Waals surface area contributed by atoms with Gasteiger partial charge in [-0.15, -0.1) is 0 Å². The predicted octanol–water partition coefficient (Wildman–Crippen LogP) is 2.65. The number of hydrogen-bond acceptors (Lipinski definition) is 4. The average Bonchev–Trinajstić information content (AvgIpc) is 3.13. The van der Waals surface area contributed by atoms with Crippen LogP contribution in [0.2, 0.25) is 0 Å². The summed E-state index contributed by atoms with van der Waals surface area (Å²) < 4.78 is 7.35. The van der Waals surface area contributed by atoms with Gasteiger partial charge in [0.15, 0.2) is 0 Å².